The molecule has 0 radical (unpaired) electrons. The number of aromatic nitrogens is 1. The molecule has 4 nitrogen and oxygen atoms in total. The van der Waals surface area contributed by atoms with Crippen LogP contribution in [0, 0.1) is 0 Å². The summed E-state index contributed by atoms with van der Waals surface area (Å²) in [5.74, 6) is -0.342. The van der Waals surface area contributed by atoms with Crippen LogP contribution in [0.3, 0.4) is 0 Å². The highest BCUT2D eigenvalue weighted by Gasteiger charge is 2.31. The molecular weight excluding hydrogens is 281 g/mol. The van der Waals surface area contributed by atoms with Gasteiger partial charge in [0.1, 0.15) is 0 Å². The van der Waals surface area contributed by atoms with Crippen LogP contribution in [0.4, 0.5) is 13.2 Å². The van der Waals surface area contributed by atoms with Gasteiger partial charge in [0.15, 0.2) is 14.9 Å². The van der Waals surface area contributed by atoms with Gasteiger partial charge in [-0.2, -0.15) is 13.2 Å². The fourth-order valence-electron chi connectivity index (χ4n) is 0.992. The quantitative estimate of drug-likeness (QED) is 0.909. The van der Waals surface area contributed by atoms with E-state index < -0.39 is 26.6 Å². The Morgan fingerprint density at radius 3 is 2.24 bits per heavy atom. The van der Waals surface area contributed by atoms with Gasteiger partial charge in [-0.25, -0.2) is 13.4 Å². The maximum atomic E-state index is 12.2. The van der Waals surface area contributed by atoms with E-state index in [0.29, 0.717) is 12.3 Å². The minimum atomic E-state index is -4.52. The molecule has 0 aliphatic rings. The van der Waals surface area contributed by atoms with Crippen LogP contribution in [0.5, 0.6) is 0 Å². The fourth-order valence-corrected chi connectivity index (χ4v) is 2.00. The monoisotopic (exact) mass is 290 g/mol. The lowest BCUT2D eigenvalue weighted by atomic mass is 10.3. The molecule has 1 rings (SSSR count). The number of pyridine rings is 1. The number of hydrogen-bond acceptors (Lipinski definition) is 4. The van der Waals surface area contributed by atoms with Gasteiger partial charge in [-0.15, -0.1) is 12.4 Å². The summed E-state index contributed by atoms with van der Waals surface area (Å²) in [7, 11) is -3.68. The van der Waals surface area contributed by atoms with E-state index in [2.05, 4.69) is 4.98 Å². The lowest BCUT2D eigenvalue weighted by Crippen LogP contribution is -2.17. The van der Waals surface area contributed by atoms with Gasteiger partial charge in [0, 0.05) is 12.7 Å². The Morgan fingerprint density at radius 2 is 1.88 bits per heavy atom. The fraction of sp³-hybridized carbons (Fsp3) is 0.375. The lowest BCUT2D eigenvalue weighted by molar-refractivity contribution is -0.137. The van der Waals surface area contributed by atoms with Gasteiger partial charge in [0.2, 0.25) is 0 Å². The van der Waals surface area contributed by atoms with Crippen molar-refractivity contribution in [2.75, 3.05) is 12.3 Å². The molecule has 0 atom stereocenters. The lowest BCUT2D eigenvalue weighted by Gasteiger charge is -2.06. The normalized spacial score (nSPS) is 12.0. The minimum Gasteiger partial charge on any atom is -0.329 e. The third kappa shape index (κ3) is 4.14. The van der Waals surface area contributed by atoms with Crippen molar-refractivity contribution in [3.63, 3.8) is 0 Å². The SMILES string of the molecule is Cl.NCCS(=O)(=O)c1ccc(C(F)(F)F)cn1. The van der Waals surface area contributed by atoms with Crippen molar-refractivity contribution in [1.82, 2.24) is 4.98 Å². The molecule has 1 aromatic heterocycles. The molecule has 0 saturated carbocycles. The molecule has 0 aromatic carbocycles. The zero-order valence-corrected chi connectivity index (χ0v) is 10.1. The smallest absolute Gasteiger partial charge is 0.329 e. The third-order valence-corrected chi connectivity index (χ3v) is 3.42. The highest BCUT2D eigenvalue weighted by molar-refractivity contribution is 7.91. The molecule has 1 aromatic rings. The first-order chi connectivity index (χ1) is 7.27. The van der Waals surface area contributed by atoms with Gasteiger partial charge >= 0.3 is 6.18 Å². The van der Waals surface area contributed by atoms with Gasteiger partial charge in [0.25, 0.3) is 0 Å². The van der Waals surface area contributed by atoms with Crippen molar-refractivity contribution in [2.45, 2.75) is 11.2 Å². The van der Waals surface area contributed by atoms with Crippen LogP contribution in [-0.2, 0) is 16.0 Å². The molecule has 9 heteroatoms. The number of sulfone groups is 1. The average molecular weight is 291 g/mol. The van der Waals surface area contributed by atoms with Gasteiger partial charge in [-0.1, -0.05) is 0 Å². The Kier molecular flexibility index (Phi) is 5.37. The first-order valence-electron chi connectivity index (χ1n) is 4.23. The van der Waals surface area contributed by atoms with Crippen LogP contribution in [0.25, 0.3) is 0 Å². The largest absolute Gasteiger partial charge is 0.417 e. The molecule has 1 heterocycles. The van der Waals surface area contributed by atoms with Crippen molar-refractivity contribution >= 4 is 22.2 Å². The van der Waals surface area contributed by atoms with E-state index in [0.717, 1.165) is 6.07 Å². The van der Waals surface area contributed by atoms with Crippen molar-refractivity contribution in [3.8, 4) is 0 Å². The molecule has 2 N–H and O–H groups in total. The highest BCUT2D eigenvalue weighted by Crippen LogP contribution is 2.28. The van der Waals surface area contributed by atoms with Crippen molar-refractivity contribution in [2.24, 2.45) is 5.73 Å². The summed E-state index contributed by atoms with van der Waals surface area (Å²) in [6.07, 6.45) is -4.04. The number of hydrogen-bond donors (Lipinski definition) is 1. The van der Waals surface area contributed by atoms with Crippen LogP contribution in [0.15, 0.2) is 23.4 Å². The Bertz CT molecular complexity index is 459. The molecule has 0 unspecified atom stereocenters. The highest BCUT2D eigenvalue weighted by atomic mass is 35.5. The molecular formula is C8H10ClF3N2O2S. The second-order valence-electron chi connectivity index (χ2n) is 2.99. The Labute approximate surface area is 102 Å². The Morgan fingerprint density at radius 1 is 1.29 bits per heavy atom. The summed E-state index contributed by atoms with van der Waals surface area (Å²) in [5, 5.41) is -0.397. The number of alkyl halides is 3. The summed E-state index contributed by atoms with van der Waals surface area (Å²) in [6.45, 7) is -0.106. The zero-order valence-electron chi connectivity index (χ0n) is 8.44. The molecule has 0 bridgehead atoms. The third-order valence-electron chi connectivity index (χ3n) is 1.77. The van der Waals surface area contributed by atoms with Crippen LogP contribution in [-0.4, -0.2) is 25.7 Å². The summed E-state index contributed by atoms with van der Waals surface area (Å²) in [6, 6.07) is 1.50. The van der Waals surface area contributed by atoms with Crippen LogP contribution in [0.1, 0.15) is 5.56 Å². The van der Waals surface area contributed by atoms with E-state index >= 15 is 0 Å². The van der Waals surface area contributed by atoms with E-state index in [4.69, 9.17) is 5.73 Å². The standard InChI is InChI=1S/C8H9F3N2O2S.ClH/c9-8(10,11)6-1-2-7(13-5-6)16(14,15)4-3-12;/h1-2,5H,3-4,12H2;1H. The summed E-state index contributed by atoms with van der Waals surface area (Å²) < 4.78 is 59.2. The first kappa shape index (κ1) is 16.1. The minimum absolute atomic E-state index is 0. The number of halogens is 4. The molecule has 0 aliphatic heterocycles. The van der Waals surface area contributed by atoms with Gasteiger partial charge < -0.3 is 5.73 Å². The number of rotatable bonds is 3. The van der Waals surface area contributed by atoms with E-state index in [1.54, 1.807) is 0 Å². The summed E-state index contributed by atoms with van der Waals surface area (Å²) in [4.78, 5) is 3.27. The van der Waals surface area contributed by atoms with Crippen LogP contribution < -0.4 is 5.73 Å². The van der Waals surface area contributed by atoms with Crippen molar-refractivity contribution in [3.05, 3.63) is 23.9 Å². The maximum Gasteiger partial charge on any atom is 0.417 e. The molecule has 0 aliphatic carbocycles. The Hall–Kier alpha value is -0.860. The van der Waals surface area contributed by atoms with E-state index in [1.807, 2.05) is 0 Å². The molecule has 0 fully saturated rings. The second kappa shape index (κ2) is 5.65. The number of nitrogens with zero attached hydrogens (tertiary/aromatic N) is 1. The average Bonchev–Trinajstić information content (AvgIpc) is 2.16. The zero-order chi connectivity index (χ0) is 12.4. The predicted molar refractivity (Wildman–Crippen MR) is 57.6 cm³/mol. The molecule has 0 spiro atoms. The van der Waals surface area contributed by atoms with Crippen LogP contribution in [0.2, 0.25) is 0 Å². The Balaban J connectivity index is 0.00000256. The second-order valence-corrected chi connectivity index (χ2v) is 5.05. The first-order valence-corrected chi connectivity index (χ1v) is 5.88. The van der Waals surface area contributed by atoms with Gasteiger partial charge in [-0.3, -0.25) is 0 Å². The van der Waals surface area contributed by atoms with E-state index in [-0.39, 0.29) is 24.7 Å². The van der Waals surface area contributed by atoms with Gasteiger partial charge in [-0.05, 0) is 12.1 Å². The van der Waals surface area contributed by atoms with Crippen molar-refractivity contribution < 1.29 is 21.6 Å². The van der Waals surface area contributed by atoms with Gasteiger partial charge in [0.05, 0.1) is 11.3 Å². The molecule has 0 saturated heterocycles. The summed E-state index contributed by atoms with van der Waals surface area (Å²) >= 11 is 0. The molecule has 98 valence electrons. The predicted octanol–water partition coefficient (Wildman–Crippen LogP) is 1.25. The molecule has 17 heavy (non-hydrogen) atoms. The topological polar surface area (TPSA) is 73.1 Å². The number of nitrogens with two attached hydrogens (primary N) is 1. The summed E-state index contributed by atoms with van der Waals surface area (Å²) in [5.41, 5.74) is 4.08. The maximum absolute atomic E-state index is 12.2. The van der Waals surface area contributed by atoms with E-state index in [9.17, 15) is 21.6 Å². The molecule has 0 amide bonds. The van der Waals surface area contributed by atoms with Crippen LogP contribution >= 0.6 is 12.4 Å². The van der Waals surface area contributed by atoms with Crippen molar-refractivity contribution in [1.29, 1.82) is 0 Å². The van der Waals surface area contributed by atoms with E-state index in [1.165, 1.54) is 0 Å².